The van der Waals surface area contributed by atoms with E-state index in [-0.39, 0.29) is 0 Å². The van der Waals surface area contributed by atoms with Crippen molar-refractivity contribution in [2.24, 2.45) is 0 Å². The summed E-state index contributed by atoms with van der Waals surface area (Å²) in [4.78, 5) is 17.0. The second-order valence-electron chi connectivity index (χ2n) is 5.66. The molecule has 1 N–H and O–H groups in total. The Hall–Kier alpha value is -2.47. The molecule has 6 heteroatoms. The van der Waals surface area contributed by atoms with E-state index in [1.54, 1.807) is 17.5 Å². The van der Waals surface area contributed by atoms with Crippen LogP contribution < -0.4 is 10.2 Å². The third kappa shape index (κ3) is 4.14. The summed E-state index contributed by atoms with van der Waals surface area (Å²) in [5, 5.41) is 4.46. The van der Waals surface area contributed by atoms with E-state index in [2.05, 4.69) is 53.1 Å². The van der Waals surface area contributed by atoms with E-state index in [0.717, 1.165) is 41.1 Å². The van der Waals surface area contributed by atoms with Gasteiger partial charge in [0.25, 0.3) is 0 Å². The van der Waals surface area contributed by atoms with Crippen LogP contribution in [-0.2, 0) is 6.54 Å². The van der Waals surface area contributed by atoms with Gasteiger partial charge in [-0.25, -0.2) is 9.97 Å². The molecule has 0 saturated heterocycles. The highest BCUT2D eigenvalue weighted by atomic mass is 32.1. The van der Waals surface area contributed by atoms with Gasteiger partial charge >= 0.3 is 0 Å². The molecular weight excluding hydrogens is 330 g/mol. The van der Waals surface area contributed by atoms with Crippen molar-refractivity contribution in [3.63, 3.8) is 0 Å². The molecule has 0 unspecified atom stereocenters. The molecule has 0 fully saturated rings. The number of hydrogen-bond acceptors (Lipinski definition) is 6. The number of rotatable bonds is 7. The number of nitrogens with one attached hydrogen (secondary N) is 1. The van der Waals surface area contributed by atoms with Crippen molar-refractivity contribution in [3.8, 4) is 10.6 Å². The van der Waals surface area contributed by atoms with Crippen LogP contribution in [-0.4, -0.2) is 28.0 Å². The van der Waals surface area contributed by atoms with Crippen LogP contribution in [0.15, 0.2) is 42.6 Å². The van der Waals surface area contributed by atoms with Gasteiger partial charge in [0, 0.05) is 29.7 Å². The van der Waals surface area contributed by atoms with Gasteiger partial charge in [-0.05, 0) is 26.8 Å². The van der Waals surface area contributed by atoms with E-state index < -0.39 is 0 Å². The fourth-order valence-corrected chi connectivity index (χ4v) is 3.58. The van der Waals surface area contributed by atoms with Crippen LogP contribution in [0.5, 0.6) is 0 Å². The summed E-state index contributed by atoms with van der Waals surface area (Å²) in [7, 11) is 0. The largest absolute Gasteiger partial charge is 0.365 e. The van der Waals surface area contributed by atoms with Crippen LogP contribution in [0.4, 0.5) is 11.8 Å². The highest BCUT2D eigenvalue weighted by Gasteiger charge is 2.10. The number of nitrogens with zero attached hydrogens (tertiary/aromatic N) is 4. The van der Waals surface area contributed by atoms with Crippen molar-refractivity contribution in [2.75, 3.05) is 23.3 Å². The van der Waals surface area contributed by atoms with Gasteiger partial charge in [0.15, 0.2) is 0 Å². The van der Waals surface area contributed by atoms with Crippen molar-refractivity contribution in [1.29, 1.82) is 0 Å². The van der Waals surface area contributed by atoms with Gasteiger partial charge < -0.3 is 10.2 Å². The number of aryl methyl sites for hydroxylation is 1. The zero-order chi connectivity index (χ0) is 17.6. The molecule has 2 aromatic heterocycles. The molecule has 0 saturated carbocycles. The van der Waals surface area contributed by atoms with E-state index >= 15 is 0 Å². The second kappa shape index (κ2) is 8.07. The summed E-state index contributed by atoms with van der Waals surface area (Å²) >= 11 is 1.72. The van der Waals surface area contributed by atoms with E-state index in [0.29, 0.717) is 6.54 Å². The maximum atomic E-state index is 4.70. The van der Waals surface area contributed by atoms with Crippen LogP contribution in [0.3, 0.4) is 0 Å². The molecule has 5 nitrogen and oxygen atoms in total. The monoisotopic (exact) mass is 353 g/mol. The fraction of sp³-hybridized carbons (Fsp3) is 0.316. The van der Waals surface area contributed by atoms with Crippen molar-refractivity contribution < 1.29 is 0 Å². The highest BCUT2D eigenvalue weighted by molar-refractivity contribution is 7.15. The maximum absolute atomic E-state index is 4.70. The van der Waals surface area contributed by atoms with Gasteiger partial charge in [-0.2, -0.15) is 4.98 Å². The standard InChI is InChI=1S/C19H23N5S/c1-4-24(5-2)19-20-12-11-17(23-19)21-13-16-14(3)22-18(25-16)15-9-7-6-8-10-15/h6-12H,4-5,13H2,1-3H3,(H,20,21,23). The summed E-state index contributed by atoms with van der Waals surface area (Å²) < 4.78 is 0. The molecule has 3 aromatic rings. The Morgan fingerprint density at radius 3 is 2.52 bits per heavy atom. The number of thiazole rings is 1. The van der Waals surface area contributed by atoms with Crippen molar-refractivity contribution >= 4 is 23.1 Å². The third-order valence-corrected chi connectivity index (χ3v) is 5.24. The predicted octanol–water partition coefficient (Wildman–Crippen LogP) is 4.37. The van der Waals surface area contributed by atoms with Gasteiger partial charge in [-0.3, -0.25) is 0 Å². The lowest BCUT2D eigenvalue weighted by molar-refractivity contribution is 0.821. The lowest BCUT2D eigenvalue weighted by Crippen LogP contribution is -2.24. The number of aromatic nitrogens is 3. The van der Waals surface area contributed by atoms with Gasteiger partial charge in [-0.1, -0.05) is 30.3 Å². The van der Waals surface area contributed by atoms with Crippen molar-refractivity contribution in [1.82, 2.24) is 15.0 Å². The van der Waals surface area contributed by atoms with Crippen molar-refractivity contribution in [2.45, 2.75) is 27.3 Å². The molecule has 0 aliphatic carbocycles. The lowest BCUT2D eigenvalue weighted by Gasteiger charge is -2.18. The molecule has 0 radical (unpaired) electrons. The first kappa shape index (κ1) is 17.4. The molecule has 2 heterocycles. The Balaban J connectivity index is 1.72. The minimum atomic E-state index is 0.713. The minimum Gasteiger partial charge on any atom is -0.365 e. The first-order valence-electron chi connectivity index (χ1n) is 8.54. The molecule has 25 heavy (non-hydrogen) atoms. The third-order valence-electron chi connectivity index (χ3n) is 4.03. The van der Waals surface area contributed by atoms with Crippen LogP contribution in [0.25, 0.3) is 10.6 Å². The van der Waals surface area contributed by atoms with Crippen molar-refractivity contribution in [3.05, 3.63) is 53.2 Å². The van der Waals surface area contributed by atoms with E-state index in [4.69, 9.17) is 4.98 Å². The number of benzene rings is 1. The topological polar surface area (TPSA) is 53.9 Å². The summed E-state index contributed by atoms with van der Waals surface area (Å²) in [6, 6.07) is 12.2. The predicted molar refractivity (Wildman–Crippen MR) is 105 cm³/mol. The molecule has 0 aliphatic heterocycles. The van der Waals surface area contributed by atoms with Gasteiger partial charge in [-0.15, -0.1) is 11.3 Å². The summed E-state index contributed by atoms with van der Waals surface area (Å²) in [6.45, 7) is 8.78. The van der Waals surface area contributed by atoms with Crippen LogP contribution in [0.2, 0.25) is 0 Å². The lowest BCUT2D eigenvalue weighted by atomic mass is 10.2. The first-order valence-corrected chi connectivity index (χ1v) is 9.36. The molecule has 0 amide bonds. The summed E-state index contributed by atoms with van der Waals surface area (Å²) in [5.74, 6) is 1.60. The zero-order valence-electron chi connectivity index (χ0n) is 14.9. The fourth-order valence-electron chi connectivity index (χ4n) is 2.57. The quantitative estimate of drug-likeness (QED) is 0.684. The molecule has 0 aliphatic rings. The van der Waals surface area contributed by atoms with Crippen LogP contribution >= 0.6 is 11.3 Å². The average molecular weight is 353 g/mol. The zero-order valence-corrected chi connectivity index (χ0v) is 15.7. The Morgan fingerprint density at radius 1 is 1.04 bits per heavy atom. The molecule has 0 bridgehead atoms. The number of anilines is 2. The highest BCUT2D eigenvalue weighted by Crippen LogP contribution is 2.28. The first-order chi connectivity index (χ1) is 12.2. The Bertz CT molecular complexity index is 812. The summed E-state index contributed by atoms with van der Waals surface area (Å²) in [6.07, 6.45) is 1.80. The Kier molecular flexibility index (Phi) is 5.60. The molecule has 1 aromatic carbocycles. The van der Waals surface area contributed by atoms with Gasteiger partial charge in [0.2, 0.25) is 5.95 Å². The summed E-state index contributed by atoms with van der Waals surface area (Å²) in [5.41, 5.74) is 2.22. The van der Waals surface area contributed by atoms with Gasteiger partial charge in [0.05, 0.1) is 12.2 Å². The molecular formula is C19H23N5S. The van der Waals surface area contributed by atoms with Crippen LogP contribution in [0, 0.1) is 6.92 Å². The molecule has 130 valence electrons. The second-order valence-corrected chi connectivity index (χ2v) is 6.74. The molecule has 0 spiro atoms. The van der Waals surface area contributed by atoms with Crippen LogP contribution in [0.1, 0.15) is 24.4 Å². The molecule has 3 rings (SSSR count). The maximum Gasteiger partial charge on any atom is 0.227 e. The molecule has 0 atom stereocenters. The smallest absolute Gasteiger partial charge is 0.227 e. The van der Waals surface area contributed by atoms with E-state index in [9.17, 15) is 0 Å². The van der Waals surface area contributed by atoms with Gasteiger partial charge in [0.1, 0.15) is 10.8 Å². The normalized spacial score (nSPS) is 10.7. The van der Waals surface area contributed by atoms with E-state index in [1.165, 1.54) is 4.88 Å². The number of hydrogen-bond donors (Lipinski definition) is 1. The Labute approximate surface area is 152 Å². The SMILES string of the molecule is CCN(CC)c1nccc(NCc2sc(-c3ccccc3)nc2C)n1. The Morgan fingerprint density at radius 2 is 1.80 bits per heavy atom. The van der Waals surface area contributed by atoms with E-state index in [1.807, 2.05) is 24.3 Å². The average Bonchev–Trinajstić information content (AvgIpc) is 3.03. The minimum absolute atomic E-state index is 0.713.